The Kier molecular flexibility index (Phi) is 6.31. The third kappa shape index (κ3) is 5.73. The van der Waals surface area contributed by atoms with Gasteiger partial charge in [0.15, 0.2) is 6.61 Å². The molecule has 1 heterocycles. The summed E-state index contributed by atoms with van der Waals surface area (Å²) >= 11 is 0. The maximum absolute atomic E-state index is 12.8. The molecule has 0 spiro atoms. The van der Waals surface area contributed by atoms with Crippen molar-refractivity contribution in [2.75, 3.05) is 18.5 Å². The normalized spacial score (nSPS) is 10.2. The lowest BCUT2D eigenvalue weighted by Crippen LogP contribution is -2.35. The lowest BCUT2D eigenvalue weighted by molar-refractivity contribution is -0.126. The Labute approximate surface area is 165 Å². The average Bonchev–Trinajstić information content (AvgIpc) is 3.23. The lowest BCUT2D eigenvalue weighted by Gasteiger charge is -2.07. The SMILES string of the molecule is O=C(COC(=O)c1cnn(-c2ccccc2)c1)NCC(=O)Nc1ccc(F)cc1. The summed E-state index contributed by atoms with van der Waals surface area (Å²) < 4.78 is 19.3. The van der Waals surface area contributed by atoms with Gasteiger partial charge < -0.3 is 15.4 Å². The van der Waals surface area contributed by atoms with Gasteiger partial charge in [-0.25, -0.2) is 13.9 Å². The van der Waals surface area contributed by atoms with Gasteiger partial charge in [0.1, 0.15) is 5.82 Å². The minimum atomic E-state index is -0.710. The van der Waals surface area contributed by atoms with Crippen LogP contribution >= 0.6 is 0 Å². The number of hydrogen-bond acceptors (Lipinski definition) is 5. The number of halogens is 1. The summed E-state index contributed by atoms with van der Waals surface area (Å²) in [5.41, 5.74) is 1.36. The van der Waals surface area contributed by atoms with Crippen LogP contribution in [0.4, 0.5) is 10.1 Å². The molecule has 29 heavy (non-hydrogen) atoms. The van der Waals surface area contributed by atoms with Crippen LogP contribution in [0.5, 0.6) is 0 Å². The van der Waals surface area contributed by atoms with Crippen molar-refractivity contribution >= 4 is 23.5 Å². The monoisotopic (exact) mass is 396 g/mol. The second-order valence-electron chi connectivity index (χ2n) is 5.92. The fourth-order valence-electron chi connectivity index (χ4n) is 2.33. The number of anilines is 1. The molecule has 3 rings (SSSR count). The van der Waals surface area contributed by atoms with Crippen LogP contribution in [0.1, 0.15) is 10.4 Å². The summed E-state index contributed by atoms with van der Waals surface area (Å²) in [6.45, 7) is -0.862. The molecule has 0 saturated carbocycles. The zero-order valence-electron chi connectivity index (χ0n) is 15.2. The van der Waals surface area contributed by atoms with E-state index in [0.717, 1.165) is 5.69 Å². The molecule has 0 fully saturated rings. The Morgan fingerprint density at radius 1 is 1.00 bits per heavy atom. The summed E-state index contributed by atoms with van der Waals surface area (Å²) in [4.78, 5) is 35.6. The van der Waals surface area contributed by atoms with Crippen molar-refractivity contribution < 1.29 is 23.5 Å². The van der Waals surface area contributed by atoms with Gasteiger partial charge in [-0.2, -0.15) is 5.10 Å². The van der Waals surface area contributed by atoms with Crippen LogP contribution in [0.3, 0.4) is 0 Å². The first-order valence-electron chi connectivity index (χ1n) is 8.60. The molecule has 3 aromatic rings. The predicted molar refractivity (Wildman–Crippen MR) is 102 cm³/mol. The van der Waals surface area contributed by atoms with Gasteiger partial charge in [-0.1, -0.05) is 18.2 Å². The highest BCUT2D eigenvalue weighted by Crippen LogP contribution is 2.09. The molecule has 9 heteroatoms. The standard InChI is InChI=1S/C20H17FN4O4/c21-15-6-8-16(9-7-15)24-18(26)11-22-19(27)13-29-20(28)14-10-23-25(12-14)17-4-2-1-3-5-17/h1-10,12H,11,13H2,(H,22,27)(H,24,26). The van der Waals surface area contributed by atoms with E-state index in [1.807, 2.05) is 30.3 Å². The summed E-state index contributed by atoms with van der Waals surface area (Å²) in [5.74, 6) is -2.27. The van der Waals surface area contributed by atoms with Crippen LogP contribution in [0.25, 0.3) is 5.69 Å². The van der Waals surface area contributed by atoms with E-state index in [1.54, 1.807) is 0 Å². The number of rotatable bonds is 7. The summed E-state index contributed by atoms with van der Waals surface area (Å²) in [6, 6.07) is 14.4. The Morgan fingerprint density at radius 2 is 1.72 bits per heavy atom. The third-order valence-corrected chi connectivity index (χ3v) is 3.75. The van der Waals surface area contributed by atoms with Gasteiger partial charge in [0.25, 0.3) is 5.91 Å². The van der Waals surface area contributed by atoms with Crippen LogP contribution in [0.15, 0.2) is 67.0 Å². The summed E-state index contributed by atoms with van der Waals surface area (Å²) in [7, 11) is 0. The van der Waals surface area contributed by atoms with Crippen molar-refractivity contribution in [2.45, 2.75) is 0 Å². The number of nitrogens with one attached hydrogen (secondary N) is 2. The quantitative estimate of drug-likeness (QED) is 0.594. The number of carbonyl (C=O) groups excluding carboxylic acids is 3. The number of ether oxygens (including phenoxy) is 1. The fraction of sp³-hybridized carbons (Fsp3) is 0.100. The van der Waals surface area contributed by atoms with Gasteiger partial charge in [0, 0.05) is 11.9 Å². The van der Waals surface area contributed by atoms with E-state index in [9.17, 15) is 18.8 Å². The van der Waals surface area contributed by atoms with E-state index in [-0.39, 0.29) is 12.1 Å². The molecular weight excluding hydrogens is 379 g/mol. The first-order chi connectivity index (χ1) is 14.0. The van der Waals surface area contributed by atoms with Crippen molar-refractivity contribution in [3.05, 3.63) is 78.4 Å². The molecule has 2 N–H and O–H groups in total. The second kappa shape index (κ2) is 9.27. The molecule has 0 aliphatic heterocycles. The summed E-state index contributed by atoms with van der Waals surface area (Å²) in [6.07, 6.45) is 2.83. The number of amides is 2. The molecule has 0 radical (unpaired) electrons. The average molecular weight is 396 g/mol. The Morgan fingerprint density at radius 3 is 2.45 bits per heavy atom. The fourth-order valence-corrected chi connectivity index (χ4v) is 2.33. The Bertz CT molecular complexity index is 1000. The zero-order valence-corrected chi connectivity index (χ0v) is 15.2. The summed E-state index contributed by atoms with van der Waals surface area (Å²) in [5, 5.41) is 8.90. The van der Waals surface area contributed by atoms with E-state index >= 15 is 0 Å². The lowest BCUT2D eigenvalue weighted by atomic mass is 10.3. The smallest absolute Gasteiger partial charge is 0.341 e. The molecule has 0 aliphatic carbocycles. The van der Waals surface area contributed by atoms with Gasteiger partial charge in [0.2, 0.25) is 5.91 Å². The molecule has 8 nitrogen and oxygen atoms in total. The second-order valence-corrected chi connectivity index (χ2v) is 5.92. The van der Waals surface area contributed by atoms with Crippen molar-refractivity contribution in [1.82, 2.24) is 15.1 Å². The number of para-hydroxylation sites is 1. The van der Waals surface area contributed by atoms with E-state index in [2.05, 4.69) is 15.7 Å². The van der Waals surface area contributed by atoms with Crippen molar-refractivity contribution in [3.63, 3.8) is 0 Å². The van der Waals surface area contributed by atoms with Gasteiger partial charge in [0.05, 0.1) is 24.0 Å². The van der Waals surface area contributed by atoms with E-state index in [1.165, 1.54) is 41.3 Å². The van der Waals surface area contributed by atoms with Gasteiger partial charge in [-0.3, -0.25) is 9.59 Å². The molecule has 1 aromatic heterocycles. The molecule has 0 atom stereocenters. The molecule has 0 saturated heterocycles. The van der Waals surface area contributed by atoms with Gasteiger partial charge in [-0.15, -0.1) is 0 Å². The Hall–Kier alpha value is -4.01. The Balaban J connectivity index is 1.42. The van der Waals surface area contributed by atoms with Gasteiger partial charge >= 0.3 is 5.97 Å². The highest BCUT2D eigenvalue weighted by atomic mass is 19.1. The van der Waals surface area contributed by atoms with Crippen molar-refractivity contribution in [2.24, 2.45) is 0 Å². The number of aromatic nitrogens is 2. The van der Waals surface area contributed by atoms with Crippen LogP contribution in [-0.4, -0.2) is 40.7 Å². The predicted octanol–water partition coefficient (Wildman–Crippen LogP) is 1.92. The minimum absolute atomic E-state index is 0.190. The molecule has 0 bridgehead atoms. The van der Waals surface area contributed by atoms with Crippen LogP contribution in [0, 0.1) is 5.82 Å². The zero-order chi connectivity index (χ0) is 20.6. The molecule has 2 amide bonds. The maximum atomic E-state index is 12.8. The first kappa shape index (κ1) is 19.7. The number of esters is 1. The number of nitrogens with zero attached hydrogens (tertiary/aromatic N) is 2. The highest BCUT2D eigenvalue weighted by molar-refractivity contribution is 5.95. The topological polar surface area (TPSA) is 102 Å². The molecule has 148 valence electrons. The van der Waals surface area contributed by atoms with E-state index in [4.69, 9.17) is 4.74 Å². The van der Waals surface area contributed by atoms with Crippen LogP contribution in [-0.2, 0) is 14.3 Å². The molecular formula is C20H17FN4O4. The number of benzene rings is 2. The van der Waals surface area contributed by atoms with E-state index < -0.39 is 30.2 Å². The van der Waals surface area contributed by atoms with Crippen LogP contribution < -0.4 is 10.6 Å². The highest BCUT2D eigenvalue weighted by Gasteiger charge is 2.13. The largest absolute Gasteiger partial charge is 0.452 e. The molecule has 0 unspecified atom stereocenters. The van der Waals surface area contributed by atoms with Crippen LogP contribution in [0.2, 0.25) is 0 Å². The maximum Gasteiger partial charge on any atom is 0.341 e. The number of carbonyl (C=O) groups is 3. The molecule has 2 aromatic carbocycles. The first-order valence-corrected chi connectivity index (χ1v) is 8.60. The number of hydrogen-bond donors (Lipinski definition) is 2. The third-order valence-electron chi connectivity index (χ3n) is 3.75. The van der Waals surface area contributed by atoms with E-state index in [0.29, 0.717) is 5.69 Å². The van der Waals surface area contributed by atoms with Crippen molar-refractivity contribution in [3.8, 4) is 5.69 Å². The molecule has 0 aliphatic rings. The van der Waals surface area contributed by atoms with Gasteiger partial charge in [-0.05, 0) is 36.4 Å². The van der Waals surface area contributed by atoms with Crippen molar-refractivity contribution in [1.29, 1.82) is 0 Å². The minimum Gasteiger partial charge on any atom is -0.452 e.